The predicted octanol–water partition coefficient (Wildman–Crippen LogP) is 1.76. The molecular formula is C13H22N2O. The highest BCUT2D eigenvalue weighted by molar-refractivity contribution is 5.03. The number of hydrogen-bond acceptors (Lipinski definition) is 3. The normalized spacial score (nSPS) is 11.7. The van der Waals surface area contributed by atoms with Gasteiger partial charge in [0.1, 0.15) is 0 Å². The van der Waals surface area contributed by atoms with E-state index in [1.165, 1.54) is 0 Å². The molecule has 0 aliphatic heterocycles. The van der Waals surface area contributed by atoms with Crippen LogP contribution in [0.4, 0.5) is 0 Å². The molecule has 1 rings (SSSR count). The Balaban J connectivity index is 2.22. The third-order valence-electron chi connectivity index (χ3n) is 3.05. The topological polar surface area (TPSA) is 45.1 Å². The number of nitrogens with zero attached hydrogens (tertiary/aromatic N) is 1. The van der Waals surface area contributed by atoms with Crippen molar-refractivity contribution >= 4 is 0 Å². The van der Waals surface area contributed by atoms with Crippen molar-refractivity contribution in [2.24, 2.45) is 0 Å². The van der Waals surface area contributed by atoms with Gasteiger partial charge in [-0.3, -0.25) is 4.98 Å². The Morgan fingerprint density at radius 3 is 2.62 bits per heavy atom. The fourth-order valence-corrected chi connectivity index (χ4v) is 1.58. The molecule has 1 heterocycles. The van der Waals surface area contributed by atoms with Gasteiger partial charge in [-0.05, 0) is 25.0 Å². The first-order valence-corrected chi connectivity index (χ1v) is 6.03. The first kappa shape index (κ1) is 13.1. The van der Waals surface area contributed by atoms with Crippen LogP contribution in [0.1, 0.15) is 32.4 Å². The summed E-state index contributed by atoms with van der Waals surface area (Å²) in [5.41, 5.74) is 0.538. The van der Waals surface area contributed by atoms with Gasteiger partial charge in [-0.25, -0.2) is 0 Å². The molecule has 3 heteroatoms. The van der Waals surface area contributed by atoms with Crippen molar-refractivity contribution in [2.45, 2.75) is 38.7 Å². The zero-order valence-corrected chi connectivity index (χ0v) is 10.2. The maximum Gasteiger partial charge on any atom is 0.0766 e. The van der Waals surface area contributed by atoms with Crippen LogP contribution in [0.3, 0.4) is 0 Å². The number of aromatic nitrogens is 1. The summed E-state index contributed by atoms with van der Waals surface area (Å²) in [6.07, 6.45) is 4.30. The van der Waals surface area contributed by atoms with Gasteiger partial charge in [0.15, 0.2) is 0 Å². The van der Waals surface area contributed by atoms with Gasteiger partial charge in [0.2, 0.25) is 0 Å². The molecule has 0 aromatic carbocycles. The SMILES string of the molecule is CCC(O)(CC)CNCCc1ccccn1. The largest absolute Gasteiger partial charge is 0.389 e. The molecule has 0 aliphatic carbocycles. The molecular weight excluding hydrogens is 200 g/mol. The van der Waals surface area contributed by atoms with Crippen LogP contribution in [0.15, 0.2) is 24.4 Å². The molecule has 0 fully saturated rings. The first-order valence-electron chi connectivity index (χ1n) is 6.03. The second-order valence-electron chi connectivity index (χ2n) is 4.18. The molecule has 2 N–H and O–H groups in total. The van der Waals surface area contributed by atoms with E-state index >= 15 is 0 Å². The molecule has 0 spiro atoms. The molecule has 0 bridgehead atoms. The molecule has 0 saturated carbocycles. The van der Waals surface area contributed by atoms with Crippen LogP contribution >= 0.6 is 0 Å². The van der Waals surface area contributed by atoms with E-state index in [4.69, 9.17) is 0 Å². The Morgan fingerprint density at radius 2 is 2.06 bits per heavy atom. The highest BCUT2D eigenvalue weighted by atomic mass is 16.3. The minimum Gasteiger partial charge on any atom is -0.389 e. The van der Waals surface area contributed by atoms with E-state index in [2.05, 4.69) is 10.3 Å². The number of nitrogens with one attached hydrogen (secondary N) is 1. The van der Waals surface area contributed by atoms with Crippen LogP contribution < -0.4 is 5.32 Å². The smallest absolute Gasteiger partial charge is 0.0766 e. The summed E-state index contributed by atoms with van der Waals surface area (Å²) >= 11 is 0. The Kier molecular flexibility index (Phi) is 5.43. The van der Waals surface area contributed by atoms with E-state index < -0.39 is 5.60 Å². The molecule has 16 heavy (non-hydrogen) atoms. The predicted molar refractivity (Wildman–Crippen MR) is 66.3 cm³/mol. The van der Waals surface area contributed by atoms with Crippen molar-refractivity contribution in [1.29, 1.82) is 0 Å². The Labute approximate surface area is 97.9 Å². The van der Waals surface area contributed by atoms with Crippen LogP contribution in [0, 0.1) is 0 Å². The van der Waals surface area contributed by atoms with Gasteiger partial charge in [-0.15, -0.1) is 0 Å². The standard InChI is InChI=1S/C13H22N2O/c1-3-13(16,4-2)11-14-10-8-12-7-5-6-9-15-12/h5-7,9,14,16H,3-4,8,10-11H2,1-2H3. The summed E-state index contributed by atoms with van der Waals surface area (Å²) in [7, 11) is 0. The molecule has 0 aliphatic rings. The van der Waals surface area contributed by atoms with Crippen molar-refractivity contribution in [3.05, 3.63) is 30.1 Å². The molecule has 1 aromatic rings. The average molecular weight is 222 g/mol. The van der Waals surface area contributed by atoms with Crippen molar-refractivity contribution in [3.63, 3.8) is 0 Å². The van der Waals surface area contributed by atoms with Crippen molar-refractivity contribution < 1.29 is 5.11 Å². The van der Waals surface area contributed by atoms with Crippen molar-refractivity contribution in [2.75, 3.05) is 13.1 Å². The van der Waals surface area contributed by atoms with Crippen molar-refractivity contribution in [1.82, 2.24) is 10.3 Å². The van der Waals surface area contributed by atoms with Gasteiger partial charge < -0.3 is 10.4 Å². The van der Waals surface area contributed by atoms with E-state index in [1.807, 2.05) is 38.2 Å². The maximum absolute atomic E-state index is 10.0. The lowest BCUT2D eigenvalue weighted by Crippen LogP contribution is -2.40. The van der Waals surface area contributed by atoms with E-state index in [9.17, 15) is 5.11 Å². The van der Waals surface area contributed by atoms with Gasteiger partial charge >= 0.3 is 0 Å². The molecule has 3 nitrogen and oxygen atoms in total. The van der Waals surface area contributed by atoms with Gasteiger partial charge in [0.05, 0.1) is 5.60 Å². The summed E-state index contributed by atoms with van der Waals surface area (Å²) < 4.78 is 0. The quantitative estimate of drug-likeness (QED) is 0.691. The third kappa shape index (κ3) is 4.29. The molecule has 1 aromatic heterocycles. The number of pyridine rings is 1. The van der Waals surface area contributed by atoms with E-state index in [0.717, 1.165) is 31.5 Å². The maximum atomic E-state index is 10.0. The zero-order chi connectivity index (χ0) is 11.9. The summed E-state index contributed by atoms with van der Waals surface area (Å²) in [4.78, 5) is 4.25. The van der Waals surface area contributed by atoms with Crippen LogP contribution in [-0.2, 0) is 6.42 Å². The lowest BCUT2D eigenvalue weighted by Gasteiger charge is -2.25. The summed E-state index contributed by atoms with van der Waals surface area (Å²) in [6, 6.07) is 5.94. The summed E-state index contributed by atoms with van der Waals surface area (Å²) in [5.74, 6) is 0. The molecule has 0 saturated heterocycles. The Hall–Kier alpha value is -0.930. The zero-order valence-electron chi connectivity index (χ0n) is 10.2. The fourth-order valence-electron chi connectivity index (χ4n) is 1.58. The molecule has 0 unspecified atom stereocenters. The van der Waals surface area contributed by atoms with Crippen LogP contribution in [0.5, 0.6) is 0 Å². The highest BCUT2D eigenvalue weighted by Gasteiger charge is 2.20. The van der Waals surface area contributed by atoms with E-state index in [0.29, 0.717) is 6.54 Å². The highest BCUT2D eigenvalue weighted by Crippen LogP contribution is 2.12. The van der Waals surface area contributed by atoms with E-state index in [-0.39, 0.29) is 0 Å². The van der Waals surface area contributed by atoms with E-state index in [1.54, 1.807) is 0 Å². The Morgan fingerprint density at radius 1 is 1.31 bits per heavy atom. The van der Waals surface area contributed by atoms with Crippen LogP contribution in [0.25, 0.3) is 0 Å². The van der Waals surface area contributed by atoms with Gasteiger partial charge in [0.25, 0.3) is 0 Å². The Bertz CT molecular complexity index is 283. The van der Waals surface area contributed by atoms with Crippen LogP contribution in [-0.4, -0.2) is 28.8 Å². The van der Waals surface area contributed by atoms with Crippen LogP contribution in [0.2, 0.25) is 0 Å². The monoisotopic (exact) mass is 222 g/mol. The molecule has 0 radical (unpaired) electrons. The molecule has 0 amide bonds. The third-order valence-corrected chi connectivity index (χ3v) is 3.05. The number of rotatable bonds is 7. The van der Waals surface area contributed by atoms with Gasteiger partial charge in [-0.2, -0.15) is 0 Å². The van der Waals surface area contributed by atoms with Gasteiger partial charge in [-0.1, -0.05) is 19.9 Å². The first-order chi connectivity index (χ1) is 7.70. The number of aliphatic hydroxyl groups is 1. The van der Waals surface area contributed by atoms with Gasteiger partial charge in [0, 0.05) is 31.4 Å². The summed E-state index contributed by atoms with van der Waals surface area (Å²) in [6.45, 7) is 5.56. The second kappa shape index (κ2) is 6.61. The number of hydrogen-bond donors (Lipinski definition) is 2. The molecule has 0 atom stereocenters. The molecule has 90 valence electrons. The average Bonchev–Trinajstić information content (AvgIpc) is 2.36. The van der Waals surface area contributed by atoms with Crippen molar-refractivity contribution in [3.8, 4) is 0 Å². The second-order valence-corrected chi connectivity index (χ2v) is 4.18. The minimum atomic E-state index is -0.551. The minimum absolute atomic E-state index is 0.551. The lowest BCUT2D eigenvalue weighted by molar-refractivity contribution is 0.0328. The summed E-state index contributed by atoms with van der Waals surface area (Å²) in [5, 5.41) is 13.3. The fraction of sp³-hybridized carbons (Fsp3) is 0.615. The lowest BCUT2D eigenvalue weighted by atomic mass is 9.97.